The van der Waals surface area contributed by atoms with Crippen molar-refractivity contribution in [3.05, 3.63) is 0 Å². The van der Waals surface area contributed by atoms with Crippen molar-refractivity contribution in [2.75, 3.05) is 388 Å². The van der Waals surface area contributed by atoms with E-state index in [4.69, 9.17) is 0 Å². The molecule has 0 bridgehead atoms. The second-order valence-corrected chi connectivity index (χ2v) is 35.3. The van der Waals surface area contributed by atoms with Crippen molar-refractivity contribution < 1.29 is 232 Å². The third-order valence-corrected chi connectivity index (χ3v) is 23.7. The van der Waals surface area contributed by atoms with Crippen LogP contribution in [0.25, 0.3) is 0 Å². The number of Topliss-reactive ketones (excluding diaryl/α,β-unsaturated/α-hetero) is 2. The summed E-state index contributed by atoms with van der Waals surface area (Å²) < 4.78 is 0. The number of nitrogens with zero attached hydrogens (tertiary/aromatic N) is 20. The molecule has 1 atom stereocenters. The van der Waals surface area contributed by atoms with Crippen LogP contribution in [0.15, 0.2) is 0 Å². The van der Waals surface area contributed by atoms with Crippen molar-refractivity contribution in [1.82, 2.24) is 114 Å². The van der Waals surface area contributed by atoms with E-state index in [9.17, 15) is 152 Å². The first-order valence-corrected chi connectivity index (χ1v) is 45.3. The minimum Gasteiger partial charge on any atom is -0.549 e. The molecule has 0 saturated carbocycles. The van der Waals surface area contributed by atoms with Gasteiger partial charge in [0.1, 0.15) is 5.78 Å². The van der Waals surface area contributed by atoms with Gasteiger partial charge in [-0.05, 0) is 13.3 Å². The fourth-order valence-electron chi connectivity index (χ4n) is 15.7. The van der Waals surface area contributed by atoms with Crippen LogP contribution in [0, 0.1) is 85.3 Å². The number of hydrogen-bond donors (Lipinski definition) is 12. The second kappa shape index (κ2) is 68.1. The van der Waals surface area contributed by atoms with Gasteiger partial charge in [-0.2, -0.15) is 0 Å². The number of carboxylic acids is 11. The Hall–Kier alpha value is -8.19. The SMILES string of the molecule is CC(=O)CN1CCN(CC(=O)O)CCN(CC(=O)N(C)CC(=O)NCC(CCC(=O)CN(C)C(=O)CN2CCN(CC(=O)O)CCN(CC(=O)O)CCN(CC(=O)O)CC2)(CNC(=O)CN(C)C(=O)CN2CCN(CC(=O)[O-])CCN(CC(=O)[O-])CCN(CC(=O)O)CC2)CNC(=O)CN(C)C(=O)CN2CCN(CC(=O)O)CCN(CC(=O)O)CCN(CC(=O)O)CC2)CCN(CC(=O)O)CC1.[Gd+3].[Gd+3]. The summed E-state index contributed by atoms with van der Waals surface area (Å²) in [6, 6.07) is 0. The molecule has 0 aromatic rings. The summed E-state index contributed by atoms with van der Waals surface area (Å²) in [5.74, 6) is -19.7. The van der Waals surface area contributed by atoms with Crippen LogP contribution in [0.3, 0.4) is 0 Å². The molecule has 4 aliphatic rings. The Morgan fingerprint density at radius 3 is 0.532 bits per heavy atom. The molecule has 4 fully saturated rings. The number of amides is 7. The number of hydrogen-bond acceptors (Lipinski definition) is 38. The third kappa shape index (κ3) is 57.6. The normalized spacial score (nSPS) is 18.4. The average Bonchev–Trinajstić information content (AvgIpc) is 0.801. The molecule has 0 aliphatic carbocycles. The molecule has 4 rings (SSSR count). The molecule has 139 heavy (non-hydrogen) atoms. The van der Waals surface area contributed by atoms with Gasteiger partial charge in [0.15, 0.2) is 5.78 Å². The summed E-state index contributed by atoms with van der Waals surface area (Å²) >= 11 is 0. The minimum absolute atomic E-state index is 0. The summed E-state index contributed by atoms with van der Waals surface area (Å²) in [5.41, 5.74) is -1.75. The summed E-state index contributed by atoms with van der Waals surface area (Å²) in [7, 11) is 5.17. The van der Waals surface area contributed by atoms with E-state index in [1.54, 1.807) is 53.9 Å². The maximum absolute atomic E-state index is 14.8. The van der Waals surface area contributed by atoms with E-state index in [2.05, 4.69) is 16.0 Å². The van der Waals surface area contributed by atoms with E-state index >= 15 is 0 Å². The topological polar surface area (TPSA) is 670 Å². The Morgan fingerprint density at radius 2 is 0.381 bits per heavy atom. The van der Waals surface area contributed by atoms with Gasteiger partial charge in [0.25, 0.3) is 0 Å². The largest absolute Gasteiger partial charge is 3.00 e. The molecule has 4 saturated heterocycles. The number of carbonyl (C=O) groups is 20. The predicted molar refractivity (Wildman–Crippen MR) is 479 cm³/mol. The van der Waals surface area contributed by atoms with Crippen LogP contribution in [0.5, 0.6) is 0 Å². The molecule has 4 aliphatic heterocycles. The Balaban J connectivity index is 0.0000327. The Labute approximate surface area is 871 Å². The standard InChI is InChI=1S/C83H143N23O31.2Gd/c1-63(107)40-91-8-18-96(49-72(116)117)20-12-93(13-21-97(19-9-91)50-73(118)119)46-69(113)88(3)42-65(109)84-60-83(7-6-64(108)41-87(2)68(112)45-92-10-22-98(51-74(120)121)28-34-104(57-80(132)133)35-29-99(23-11-92)52-75(122)123,61-85-66(110)43-89(4)70(114)47-94-14-24-100(53-76(124)125)30-36-105(58-81(134)135)37-31-101(25-15-94)54-77(126)127)62-86-67(111)44-90(5)71(115)48-95-16-26-102(55-78(128)129)32-38-106(59-82(136)137)39-33-103(27-17-95)56-79(130)131;;/h6-62H2,1-5H3,(H,84,109)(H,85,110)(H,86,111)(H,116,117)(H,118,119)(H,120,121)(H,122,123)(H,124,125)(H,126,127)(H,128,129)(H,130,131)(H,132,133)(H,134,135)(H,136,137);;/q;2*+3/p-2. The van der Waals surface area contributed by atoms with Gasteiger partial charge in [-0.15, -0.1) is 0 Å². The molecular formula is C83H141Gd2N23O31+4. The first-order chi connectivity index (χ1) is 64.6. The number of rotatable bonds is 49. The quantitative estimate of drug-likeness (QED) is 0.0269. The average molecular weight is 2270 g/mol. The van der Waals surface area contributed by atoms with Crippen molar-refractivity contribution in [1.29, 1.82) is 0 Å². The van der Waals surface area contributed by atoms with Crippen LogP contribution in [-0.2, 0) is 95.9 Å². The van der Waals surface area contributed by atoms with Gasteiger partial charge >= 0.3 is 134 Å². The van der Waals surface area contributed by atoms with Crippen molar-refractivity contribution in [3.8, 4) is 0 Å². The second-order valence-electron chi connectivity index (χ2n) is 35.3. The minimum atomic E-state index is -1.75. The van der Waals surface area contributed by atoms with Gasteiger partial charge < -0.3 is 101 Å². The van der Waals surface area contributed by atoms with Crippen LogP contribution in [0.4, 0.5) is 0 Å². The smallest absolute Gasteiger partial charge is 0.549 e. The number of carboxylic acid groups (broad SMARTS) is 11. The van der Waals surface area contributed by atoms with Crippen LogP contribution < -0.4 is 26.2 Å². The molecule has 0 aromatic carbocycles. The first-order valence-electron chi connectivity index (χ1n) is 45.3. The summed E-state index contributed by atoms with van der Waals surface area (Å²) in [4.78, 5) is 290. The molecule has 1 unspecified atom stereocenters. The van der Waals surface area contributed by atoms with Gasteiger partial charge in [0.2, 0.25) is 41.4 Å². The molecule has 0 spiro atoms. The van der Waals surface area contributed by atoms with Crippen molar-refractivity contribution >= 4 is 119 Å². The third-order valence-electron chi connectivity index (χ3n) is 23.7. The molecule has 0 aromatic heterocycles. The molecule has 7 amide bonds. The first kappa shape index (κ1) is 127. The van der Waals surface area contributed by atoms with E-state index in [-0.39, 0.29) is 302 Å². The van der Waals surface area contributed by atoms with Gasteiger partial charge in [0, 0.05) is 282 Å². The van der Waals surface area contributed by atoms with Crippen LogP contribution >= 0.6 is 0 Å². The summed E-state index contributed by atoms with van der Waals surface area (Å²) in [6.07, 6.45) is -0.917. The Morgan fingerprint density at radius 1 is 0.237 bits per heavy atom. The number of nitrogens with one attached hydrogen (secondary N) is 3. The monoisotopic (exact) mass is 2270 g/mol. The zero-order chi connectivity index (χ0) is 102. The molecule has 12 N–H and O–H groups in total. The Kier molecular flexibility index (Phi) is 62.2. The Bertz CT molecular complexity index is 3400. The molecule has 4 heterocycles. The van der Waals surface area contributed by atoms with Gasteiger partial charge in [-0.1, -0.05) is 0 Å². The summed E-state index contributed by atoms with van der Waals surface area (Å²) in [5, 5.41) is 120. The van der Waals surface area contributed by atoms with Crippen LogP contribution in [0.1, 0.15) is 19.8 Å². The van der Waals surface area contributed by atoms with Gasteiger partial charge in [-0.25, -0.2) is 0 Å². The molecule has 786 valence electrons. The molecule has 56 heteroatoms. The molecule has 54 nitrogen and oxygen atoms in total. The maximum Gasteiger partial charge on any atom is 3.00 e. The van der Waals surface area contributed by atoms with E-state index in [1.165, 1.54) is 59.6 Å². The van der Waals surface area contributed by atoms with Gasteiger partial charge in [-0.3, -0.25) is 165 Å². The van der Waals surface area contributed by atoms with Crippen molar-refractivity contribution in [2.24, 2.45) is 5.41 Å². The van der Waals surface area contributed by atoms with E-state index < -0.39 is 275 Å². The summed E-state index contributed by atoms with van der Waals surface area (Å²) in [6.45, 7) is -8.06. The van der Waals surface area contributed by atoms with Crippen molar-refractivity contribution in [2.45, 2.75) is 19.8 Å². The number of ketones is 2. The zero-order valence-electron chi connectivity index (χ0n) is 80.0. The van der Waals surface area contributed by atoms with Crippen LogP contribution in [-0.4, -0.2) is 651 Å². The fourth-order valence-corrected chi connectivity index (χ4v) is 15.7. The van der Waals surface area contributed by atoms with Crippen molar-refractivity contribution in [3.63, 3.8) is 0 Å². The number of carbonyl (C=O) groups excluding carboxylic acids is 11. The van der Waals surface area contributed by atoms with Gasteiger partial charge in [0.05, 0.1) is 130 Å². The molecule has 2 radical (unpaired) electrons. The van der Waals surface area contributed by atoms with E-state index in [0.717, 1.165) is 19.6 Å². The fraction of sp³-hybridized carbons (Fsp3) is 0.759. The predicted octanol–water partition coefficient (Wildman–Crippen LogP) is -14.8. The number of aliphatic carboxylic acids is 11. The maximum atomic E-state index is 14.8. The zero-order valence-corrected chi connectivity index (χ0v) is 84.5. The van der Waals surface area contributed by atoms with Crippen LogP contribution in [0.2, 0.25) is 0 Å². The van der Waals surface area contributed by atoms with E-state index in [1.807, 2.05) is 0 Å². The molecular weight excluding hydrogens is 2130 g/mol. The van der Waals surface area contributed by atoms with E-state index in [0.29, 0.717) is 0 Å². The number of likely N-dealkylation sites (N-methyl/N-ethyl adjacent to an activating group) is 4.